The van der Waals surface area contributed by atoms with Gasteiger partial charge in [0.05, 0.1) is 15.5 Å². The fraction of sp³-hybridized carbons (Fsp3) is 0.500. The summed E-state index contributed by atoms with van der Waals surface area (Å²) >= 11 is 6.07. The highest BCUT2D eigenvalue weighted by molar-refractivity contribution is 7.89. The number of halogens is 1. The van der Waals surface area contributed by atoms with Crippen molar-refractivity contribution in [1.82, 2.24) is 4.90 Å². The minimum Gasteiger partial charge on any atom is -0.335 e. The van der Waals surface area contributed by atoms with Crippen molar-refractivity contribution in [1.29, 1.82) is 0 Å². The van der Waals surface area contributed by atoms with Crippen LogP contribution in [0.1, 0.15) is 37.0 Å². The maximum absolute atomic E-state index is 12.8. The van der Waals surface area contributed by atoms with E-state index in [0.29, 0.717) is 6.54 Å². The molecule has 0 bridgehead atoms. The summed E-state index contributed by atoms with van der Waals surface area (Å²) in [6.45, 7) is 4.59. The Morgan fingerprint density at radius 3 is 2.52 bits per heavy atom. The maximum atomic E-state index is 12.8. The van der Waals surface area contributed by atoms with Gasteiger partial charge in [-0.15, -0.1) is 0 Å². The van der Waals surface area contributed by atoms with Gasteiger partial charge in [0, 0.05) is 12.6 Å². The predicted octanol–water partition coefficient (Wildman–Crippen LogP) is 2.25. The molecule has 0 aromatic heterocycles. The second kappa shape index (κ2) is 5.94. The number of primary sulfonamides is 1. The smallest absolute Gasteiger partial charge is 0.257 e. The number of amides is 1. The van der Waals surface area contributed by atoms with E-state index in [1.807, 2.05) is 13.8 Å². The van der Waals surface area contributed by atoms with Crippen molar-refractivity contribution in [2.45, 2.75) is 37.6 Å². The predicted molar refractivity (Wildman–Crippen MR) is 81.7 cm³/mol. The molecule has 0 atom stereocenters. The monoisotopic (exact) mass is 330 g/mol. The summed E-state index contributed by atoms with van der Waals surface area (Å²) < 4.78 is 23.4. The van der Waals surface area contributed by atoms with E-state index in [0.717, 1.165) is 12.8 Å². The van der Waals surface area contributed by atoms with Crippen LogP contribution in [0.15, 0.2) is 23.1 Å². The van der Waals surface area contributed by atoms with Gasteiger partial charge < -0.3 is 4.90 Å². The number of carbonyl (C=O) groups is 1. The Morgan fingerprint density at radius 1 is 1.43 bits per heavy atom. The molecular formula is C14H19ClN2O3S. The molecule has 1 amide bonds. The van der Waals surface area contributed by atoms with E-state index < -0.39 is 10.0 Å². The number of nitrogens with zero attached hydrogens (tertiary/aromatic N) is 1. The molecule has 0 aliphatic heterocycles. The molecule has 7 heteroatoms. The van der Waals surface area contributed by atoms with Gasteiger partial charge in [0.15, 0.2) is 0 Å². The number of rotatable bonds is 5. The topological polar surface area (TPSA) is 80.5 Å². The van der Waals surface area contributed by atoms with Gasteiger partial charge in [-0.2, -0.15) is 0 Å². The Hall–Kier alpha value is -1.11. The zero-order valence-electron chi connectivity index (χ0n) is 12.0. The summed E-state index contributed by atoms with van der Waals surface area (Å²) in [6.07, 6.45) is 1.88. The average molecular weight is 331 g/mol. The third-order valence-electron chi connectivity index (χ3n) is 3.31. The van der Waals surface area contributed by atoms with Crippen LogP contribution in [0.25, 0.3) is 0 Å². The van der Waals surface area contributed by atoms with Gasteiger partial charge in [0.25, 0.3) is 5.91 Å². The Morgan fingerprint density at radius 2 is 2.05 bits per heavy atom. The molecule has 0 saturated heterocycles. The van der Waals surface area contributed by atoms with Crippen LogP contribution in [-0.4, -0.2) is 31.8 Å². The lowest BCUT2D eigenvalue weighted by Gasteiger charge is -2.25. The Labute approximate surface area is 130 Å². The fourth-order valence-corrected chi connectivity index (χ4v) is 3.33. The number of nitrogens with two attached hydrogens (primary N) is 1. The van der Waals surface area contributed by atoms with E-state index in [1.165, 1.54) is 18.2 Å². The minimum atomic E-state index is -4.00. The third kappa shape index (κ3) is 3.75. The molecule has 116 valence electrons. The summed E-state index contributed by atoms with van der Waals surface area (Å²) in [5.41, 5.74) is -0.0192. The summed E-state index contributed by atoms with van der Waals surface area (Å²) in [6, 6.07) is 4.46. The van der Waals surface area contributed by atoms with Crippen molar-refractivity contribution in [3.05, 3.63) is 28.8 Å². The molecular weight excluding hydrogens is 312 g/mol. The summed E-state index contributed by atoms with van der Waals surface area (Å²) in [5, 5.41) is 5.31. The van der Waals surface area contributed by atoms with Crippen molar-refractivity contribution in [3.63, 3.8) is 0 Å². The molecule has 0 unspecified atom stereocenters. The molecule has 0 radical (unpaired) electrons. The zero-order chi connectivity index (χ0) is 15.8. The molecule has 1 aliphatic rings. The fourth-order valence-electron chi connectivity index (χ4n) is 2.27. The third-order valence-corrected chi connectivity index (χ3v) is 4.57. The van der Waals surface area contributed by atoms with Gasteiger partial charge in [0.1, 0.15) is 0 Å². The first-order chi connectivity index (χ1) is 9.71. The number of carbonyl (C=O) groups excluding carboxylic acids is 1. The Balaban J connectivity index is 2.47. The largest absolute Gasteiger partial charge is 0.335 e. The number of hydrogen-bond donors (Lipinski definition) is 1. The van der Waals surface area contributed by atoms with Crippen molar-refractivity contribution >= 4 is 27.5 Å². The molecule has 5 nitrogen and oxygen atoms in total. The van der Waals surface area contributed by atoms with Gasteiger partial charge in [-0.3, -0.25) is 4.79 Å². The van der Waals surface area contributed by atoms with Crippen molar-refractivity contribution < 1.29 is 13.2 Å². The first-order valence-electron chi connectivity index (χ1n) is 6.84. The molecule has 0 heterocycles. The van der Waals surface area contributed by atoms with Gasteiger partial charge in [-0.1, -0.05) is 31.5 Å². The molecule has 21 heavy (non-hydrogen) atoms. The normalized spacial score (nSPS) is 15.3. The number of sulfonamides is 1. The molecule has 0 spiro atoms. The molecule has 1 aromatic carbocycles. The van der Waals surface area contributed by atoms with Gasteiger partial charge in [0.2, 0.25) is 10.0 Å². The van der Waals surface area contributed by atoms with E-state index in [4.69, 9.17) is 16.7 Å². The van der Waals surface area contributed by atoms with Crippen LogP contribution in [0.3, 0.4) is 0 Å². The van der Waals surface area contributed by atoms with Crippen molar-refractivity contribution in [2.24, 2.45) is 11.1 Å². The molecule has 1 aromatic rings. The maximum Gasteiger partial charge on any atom is 0.257 e. The van der Waals surface area contributed by atoms with E-state index in [-0.39, 0.29) is 33.3 Å². The molecule has 2 rings (SSSR count). The van der Waals surface area contributed by atoms with E-state index in [2.05, 4.69) is 0 Å². The second-order valence-electron chi connectivity index (χ2n) is 5.74. The van der Waals surface area contributed by atoms with Gasteiger partial charge in [-0.25, -0.2) is 13.6 Å². The zero-order valence-corrected chi connectivity index (χ0v) is 13.6. The standard InChI is InChI=1S/C14H19ClN2O3S/c1-9(2)8-17(10-6-7-10)14(18)13-11(15)4-3-5-12(13)21(16,19)20/h3-5,9-10H,6-8H2,1-2H3,(H2,16,19,20). The van der Waals surface area contributed by atoms with Crippen LogP contribution in [0.5, 0.6) is 0 Å². The van der Waals surface area contributed by atoms with Crippen LogP contribution in [-0.2, 0) is 10.0 Å². The number of benzene rings is 1. The second-order valence-corrected chi connectivity index (χ2v) is 7.68. The molecule has 1 fully saturated rings. The van der Waals surface area contributed by atoms with E-state index in [9.17, 15) is 13.2 Å². The van der Waals surface area contributed by atoms with Gasteiger partial charge in [-0.05, 0) is 30.9 Å². The SMILES string of the molecule is CC(C)CN(C(=O)c1c(Cl)cccc1S(N)(=O)=O)C1CC1. The summed E-state index contributed by atoms with van der Waals surface area (Å²) in [4.78, 5) is 14.3. The lowest BCUT2D eigenvalue weighted by atomic mass is 10.1. The van der Waals surface area contributed by atoms with E-state index >= 15 is 0 Å². The highest BCUT2D eigenvalue weighted by Gasteiger charge is 2.36. The first-order valence-corrected chi connectivity index (χ1v) is 8.76. The highest BCUT2D eigenvalue weighted by atomic mass is 35.5. The lowest BCUT2D eigenvalue weighted by molar-refractivity contribution is 0.0718. The van der Waals surface area contributed by atoms with Crippen LogP contribution >= 0.6 is 11.6 Å². The van der Waals surface area contributed by atoms with Crippen molar-refractivity contribution in [2.75, 3.05) is 6.54 Å². The minimum absolute atomic E-state index is 0.0192. The molecule has 2 N–H and O–H groups in total. The van der Waals surface area contributed by atoms with Gasteiger partial charge >= 0.3 is 0 Å². The summed E-state index contributed by atoms with van der Waals surface area (Å²) in [7, 11) is -4.00. The Bertz CT molecular complexity index is 654. The van der Waals surface area contributed by atoms with E-state index in [1.54, 1.807) is 4.90 Å². The van der Waals surface area contributed by atoms with Crippen LogP contribution < -0.4 is 5.14 Å². The first kappa shape index (κ1) is 16.3. The Kier molecular flexibility index (Phi) is 4.60. The highest BCUT2D eigenvalue weighted by Crippen LogP contribution is 2.32. The number of hydrogen-bond acceptors (Lipinski definition) is 3. The quantitative estimate of drug-likeness (QED) is 0.899. The van der Waals surface area contributed by atoms with Crippen LogP contribution in [0.4, 0.5) is 0 Å². The lowest BCUT2D eigenvalue weighted by Crippen LogP contribution is -2.37. The van der Waals surface area contributed by atoms with Crippen molar-refractivity contribution in [3.8, 4) is 0 Å². The summed E-state index contributed by atoms with van der Waals surface area (Å²) in [5.74, 6) is -0.0733. The van der Waals surface area contributed by atoms with Crippen LogP contribution in [0.2, 0.25) is 5.02 Å². The molecule has 1 aliphatic carbocycles. The van der Waals surface area contributed by atoms with Crippen LogP contribution in [0, 0.1) is 5.92 Å². The average Bonchev–Trinajstić information content (AvgIpc) is 3.17. The molecule has 1 saturated carbocycles.